The van der Waals surface area contributed by atoms with Crippen LogP contribution in [0.25, 0.3) is 0 Å². The number of aliphatic hydroxyl groups excluding tert-OH is 1. The molecule has 9 heteroatoms. The molecule has 0 atom stereocenters. The first kappa shape index (κ1) is 17.4. The summed E-state index contributed by atoms with van der Waals surface area (Å²) in [5, 5.41) is 10.0. The zero-order valence-corrected chi connectivity index (χ0v) is 14.5. The SMILES string of the molecule is Cn1c(=O)c2c(n(CCO)c1=O)N=C(SCCN1CCOCC1)C2. The third-order valence-corrected chi connectivity index (χ3v) is 5.22. The van der Waals surface area contributed by atoms with Crippen molar-refractivity contribution in [3.05, 3.63) is 26.4 Å². The first-order chi connectivity index (χ1) is 11.6. The fraction of sp³-hybridized carbons (Fsp3) is 0.667. The summed E-state index contributed by atoms with van der Waals surface area (Å²) in [5.41, 5.74) is -0.188. The molecule has 2 aliphatic heterocycles. The second kappa shape index (κ2) is 7.64. The Bertz CT molecular complexity index is 749. The van der Waals surface area contributed by atoms with Crippen LogP contribution in [-0.2, 0) is 24.8 Å². The van der Waals surface area contributed by atoms with Gasteiger partial charge in [0.15, 0.2) is 0 Å². The van der Waals surface area contributed by atoms with E-state index in [0.29, 0.717) is 17.8 Å². The minimum Gasteiger partial charge on any atom is -0.395 e. The first-order valence-corrected chi connectivity index (χ1v) is 9.04. The molecule has 0 saturated carbocycles. The lowest BCUT2D eigenvalue weighted by molar-refractivity contribution is 0.0410. The number of rotatable bonds is 5. The summed E-state index contributed by atoms with van der Waals surface area (Å²) in [6, 6.07) is 0. The lowest BCUT2D eigenvalue weighted by Crippen LogP contribution is -2.39. The maximum atomic E-state index is 12.3. The van der Waals surface area contributed by atoms with E-state index < -0.39 is 5.69 Å². The van der Waals surface area contributed by atoms with Gasteiger partial charge < -0.3 is 9.84 Å². The van der Waals surface area contributed by atoms with Gasteiger partial charge in [-0.25, -0.2) is 9.79 Å². The van der Waals surface area contributed by atoms with Gasteiger partial charge in [-0.15, -0.1) is 11.8 Å². The molecule has 3 rings (SSSR count). The number of ether oxygens (including phenoxy) is 1. The second-order valence-corrected chi connectivity index (χ2v) is 6.98. The van der Waals surface area contributed by atoms with Crippen LogP contribution >= 0.6 is 11.8 Å². The van der Waals surface area contributed by atoms with E-state index in [9.17, 15) is 14.7 Å². The van der Waals surface area contributed by atoms with Crippen LogP contribution in [0.5, 0.6) is 0 Å². The van der Waals surface area contributed by atoms with E-state index >= 15 is 0 Å². The second-order valence-electron chi connectivity index (χ2n) is 5.81. The third-order valence-electron chi connectivity index (χ3n) is 4.27. The predicted octanol–water partition coefficient (Wildman–Crippen LogP) is -0.809. The fourth-order valence-electron chi connectivity index (χ4n) is 2.91. The molecule has 1 aromatic rings. The van der Waals surface area contributed by atoms with Gasteiger partial charge in [0.2, 0.25) is 0 Å². The summed E-state index contributed by atoms with van der Waals surface area (Å²) >= 11 is 1.62. The van der Waals surface area contributed by atoms with E-state index in [4.69, 9.17) is 4.74 Å². The zero-order valence-electron chi connectivity index (χ0n) is 13.7. The van der Waals surface area contributed by atoms with Crippen molar-refractivity contribution in [3.8, 4) is 0 Å². The van der Waals surface area contributed by atoms with Crippen LogP contribution in [0.1, 0.15) is 5.56 Å². The van der Waals surface area contributed by atoms with Crippen LogP contribution in [0.15, 0.2) is 14.6 Å². The molecule has 24 heavy (non-hydrogen) atoms. The maximum Gasteiger partial charge on any atom is 0.332 e. The first-order valence-electron chi connectivity index (χ1n) is 8.06. The smallest absolute Gasteiger partial charge is 0.332 e. The number of fused-ring (bicyclic) bond motifs is 1. The van der Waals surface area contributed by atoms with E-state index in [0.717, 1.165) is 48.2 Å². The number of morpholine rings is 1. The highest BCUT2D eigenvalue weighted by Gasteiger charge is 2.24. The minimum atomic E-state index is -0.434. The monoisotopic (exact) mass is 354 g/mol. The van der Waals surface area contributed by atoms with Crippen LogP contribution in [0.4, 0.5) is 5.82 Å². The molecule has 0 bridgehead atoms. The molecule has 0 radical (unpaired) electrons. The van der Waals surface area contributed by atoms with Gasteiger partial charge >= 0.3 is 5.69 Å². The topological polar surface area (TPSA) is 89.1 Å². The molecule has 0 unspecified atom stereocenters. The van der Waals surface area contributed by atoms with Crippen molar-refractivity contribution in [1.29, 1.82) is 0 Å². The lowest BCUT2D eigenvalue weighted by atomic mass is 10.2. The van der Waals surface area contributed by atoms with Crippen molar-refractivity contribution in [3.63, 3.8) is 0 Å². The normalized spacial score (nSPS) is 17.8. The van der Waals surface area contributed by atoms with Gasteiger partial charge in [-0.2, -0.15) is 0 Å². The van der Waals surface area contributed by atoms with Crippen molar-refractivity contribution in [2.45, 2.75) is 13.0 Å². The van der Waals surface area contributed by atoms with Crippen LogP contribution in [0.2, 0.25) is 0 Å². The average Bonchev–Trinajstić information content (AvgIpc) is 3.02. The van der Waals surface area contributed by atoms with Crippen molar-refractivity contribution >= 4 is 22.6 Å². The molecule has 1 N–H and O–H groups in total. The lowest BCUT2D eigenvalue weighted by Gasteiger charge is -2.26. The summed E-state index contributed by atoms with van der Waals surface area (Å²) in [5.74, 6) is 1.29. The third kappa shape index (κ3) is 3.49. The molecule has 132 valence electrons. The van der Waals surface area contributed by atoms with Gasteiger partial charge in [0, 0.05) is 38.9 Å². The van der Waals surface area contributed by atoms with Crippen LogP contribution in [0, 0.1) is 0 Å². The molecule has 1 fully saturated rings. The van der Waals surface area contributed by atoms with Gasteiger partial charge in [0.25, 0.3) is 5.56 Å². The average molecular weight is 354 g/mol. The van der Waals surface area contributed by atoms with E-state index in [-0.39, 0.29) is 18.7 Å². The summed E-state index contributed by atoms with van der Waals surface area (Å²) < 4.78 is 7.80. The summed E-state index contributed by atoms with van der Waals surface area (Å²) in [6.45, 7) is 4.38. The molecular weight excluding hydrogens is 332 g/mol. The largest absolute Gasteiger partial charge is 0.395 e. The minimum absolute atomic E-state index is 0.143. The molecule has 8 nitrogen and oxygen atoms in total. The van der Waals surface area contributed by atoms with Crippen LogP contribution in [-0.4, -0.2) is 69.4 Å². The van der Waals surface area contributed by atoms with Gasteiger partial charge in [-0.3, -0.25) is 18.8 Å². The number of nitrogens with zero attached hydrogens (tertiary/aromatic N) is 4. The van der Waals surface area contributed by atoms with E-state index in [1.165, 1.54) is 11.6 Å². The van der Waals surface area contributed by atoms with Gasteiger partial charge in [0.05, 0.1) is 37.0 Å². The Morgan fingerprint density at radius 3 is 2.71 bits per heavy atom. The Hall–Kier alpha value is -1.42. The zero-order chi connectivity index (χ0) is 17.1. The van der Waals surface area contributed by atoms with Crippen molar-refractivity contribution in [2.75, 3.05) is 45.2 Å². The maximum absolute atomic E-state index is 12.3. The molecule has 0 aromatic carbocycles. The molecular formula is C15H22N4O4S. The molecule has 2 aliphatic rings. The Labute approximate surface area is 143 Å². The summed E-state index contributed by atoms with van der Waals surface area (Å²) in [6.07, 6.45) is 0.460. The van der Waals surface area contributed by atoms with Crippen molar-refractivity contribution in [1.82, 2.24) is 14.0 Å². The predicted molar refractivity (Wildman–Crippen MR) is 93.5 cm³/mol. The van der Waals surface area contributed by atoms with Crippen molar-refractivity contribution < 1.29 is 9.84 Å². The van der Waals surface area contributed by atoms with Gasteiger partial charge in [-0.1, -0.05) is 0 Å². The Kier molecular flexibility index (Phi) is 5.54. The van der Waals surface area contributed by atoms with Gasteiger partial charge in [-0.05, 0) is 0 Å². The molecule has 0 aliphatic carbocycles. The van der Waals surface area contributed by atoms with E-state index in [2.05, 4.69) is 9.89 Å². The molecule has 3 heterocycles. The highest BCUT2D eigenvalue weighted by molar-refractivity contribution is 8.14. The number of hydrogen-bond donors (Lipinski definition) is 1. The Balaban J connectivity index is 1.71. The molecule has 1 saturated heterocycles. The number of thioether (sulfide) groups is 1. The quantitative estimate of drug-likeness (QED) is 0.744. The fourth-order valence-corrected chi connectivity index (χ4v) is 3.90. The van der Waals surface area contributed by atoms with E-state index in [1.807, 2.05) is 0 Å². The van der Waals surface area contributed by atoms with Gasteiger partial charge in [0.1, 0.15) is 5.82 Å². The van der Waals surface area contributed by atoms with Crippen LogP contribution < -0.4 is 11.2 Å². The van der Waals surface area contributed by atoms with E-state index in [1.54, 1.807) is 11.8 Å². The Morgan fingerprint density at radius 1 is 1.25 bits per heavy atom. The summed E-state index contributed by atoms with van der Waals surface area (Å²) in [4.78, 5) is 31.3. The van der Waals surface area contributed by atoms with Crippen molar-refractivity contribution in [2.24, 2.45) is 12.0 Å². The number of aliphatic hydroxyl groups is 1. The standard InChI is InChI=1S/C15H22N4O4S/c1-17-14(21)11-10-12(16-13(11)19(2-6-20)15(17)22)24-9-5-18-3-7-23-8-4-18/h20H,2-10H2,1H3. The molecule has 0 amide bonds. The molecule has 0 spiro atoms. The summed E-state index contributed by atoms with van der Waals surface area (Å²) in [7, 11) is 1.46. The highest BCUT2D eigenvalue weighted by atomic mass is 32.2. The number of aliphatic imine (C=N–C) groups is 1. The number of hydrogen-bond acceptors (Lipinski definition) is 7. The Morgan fingerprint density at radius 2 is 2.00 bits per heavy atom. The van der Waals surface area contributed by atoms with Crippen LogP contribution in [0.3, 0.4) is 0 Å². The molecule has 1 aromatic heterocycles. The number of aromatic nitrogens is 2. The highest BCUT2D eigenvalue weighted by Crippen LogP contribution is 2.26.